The molecule has 1 aliphatic heterocycles. The molecule has 1 saturated heterocycles. The highest BCUT2D eigenvalue weighted by molar-refractivity contribution is 5.94. The number of hydrogen-bond donors (Lipinski definition) is 3. The van der Waals surface area contributed by atoms with E-state index in [4.69, 9.17) is 0 Å². The largest absolute Gasteiger partial charge is 0.394 e. The molecular weight excluding hydrogens is 216 g/mol. The molecule has 0 atom stereocenters. The second-order valence-electron chi connectivity index (χ2n) is 5.29. The van der Waals surface area contributed by atoms with Crippen LogP contribution in [0, 0.1) is 0 Å². The Morgan fingerprint density at radius 3 is 2.47 bits per heavy atom. The number of nitrogens with one attached hydrogen (secondary N) is 2. The molecule has 0 spiro atoms. The summed E-state index contributed by atoms with van der Waals surface area (Å²) in [5.74, 6) is -0.00236. The first-order valence-electron chi connectivity index (χ1n) is 6.50. The van der Waals surface area contributed by atoms with E-state index >= 15 is 0 Å². The third-order valence-corrected chi connectivity index (χ3v) is 4.04. The number of aliphatic hydroxyl groups excluding tert-OH is 1. The van der Waals surface area contributed by atoms with Crippen LogP contribution in [0.4, 0.5) is 0 Å². The molecule has 0 radical (unpaired) electrons. The van der Waals surface area contributed by atoms with Crippen LogP contribution >= 0.6 is 0 Å². The van der Waals surface area contributed by atoms with Crippen molar-refractivity contribution < 1.29 is 9.90 Å². The zero-order valence-corrected chi connectivity index (χ0v) is 10.5. The van der Waals surface area contributed by atoms with Gasteiger partial charge in [0, 0.05) is 18.7 Å². The van der Waals surface area contributed by atoms with E-state index in [1.807, 2.05) is 6.92 Å². The summed E-state index contributed by atoms with van der Waals surface area (Å²) in [6.07, 6.45) is 5.20. The average molecular weight is 238 g/mol. The molecule has 2 aliphatic rings. The molecule has 2 rings (SSSR count). The topological polar surface area (TPSA) is 61.4 Å². The Morgan fingerprint density at radius 2 is 2.00 bits per heavy atom. The molecule has 17 heavy (non-hydrogen) atoms. The first-order chi connectivity index (χ1) is 8.17. The van der Waals surface area contributed by atoms with Gasteiger partial charge in [0.25, 0.3) is 0 Å². The predicted octanol–water partition coefficient (Wildman–Crippen LogP) is 0.717. The zero-order valence-electron chi connectivity index (χ0n) is 10.5. The summed E-state index contributed by atoms with van der Waals surface area (Å²) in [6.45, 7) is 3.58. The van der Waals surface area contributed by atoms with Crippen LogP contribution in [0.5, 0.6) is 0 Å². The van der Waals surface area contributed by atoms with Crippen LogP contribution in [0.2, 0.25) is 0 Å². The number of carbonyl (C=O) groups excluding carboxylic acids is 1. The van der Waals surface area contributed by atoms with Gasteiger partial charge in [0.1, 0.15) is 0 Å². The van der Waals surface area contributed by atoms with Crippen molar-refractivity contribution in [3.63, 3.8) is 0 Å². The van der Waals surface area contributed by atoms with Crippen molar-refractivity contribution in [2.75, 3.05) is 19.7 Å². The molecule has 4 nitrogen and oxygen atoms in total. The van der Waals surface area contributed by atoms with Crippen molar-refractivity contribution in [2.45, 2.75) is 44.6 Å². The molecule has 2 fully saturated rings. The molecule has 0 aromatic rings. The molecule has 1 aliphatic carbocycles. The Hall–Kier alpha value is -0.870. The van der Waals surface area contributed by atoms with Crippen LogP contribution in [0.25, 0.3) is 0 Å². The lowest BCUT2D eigenvalue weighted by molar-refractivity contribution is -0.120. The summed E-state index contributed by atoms with van der Waals surface area (Å²) in [7, 11) is 0. The van der Waals surface area contributed by atoms with E-state index < -0.39 is 0 Å². The first-order valence-corrected chi connectivity index (χ1v) is 6.50. The Morgan fingerprint density at radius 1 is 1.35 bits per heavy atom. The summed E-state index contributed by atoms with van der Waals surface area (Å²) in [4.78, 5) is 12.1. The van der Waals surface area contributed by atoms with E-state index in [2.05, 4.69) is 10.6 Å². The van der Waals surface area contributed by atoms with Gasteiger partial charge in [-0.25, -0.2) is 0 Å². The predicted molar refractivity (Wildman–Crippen MR) is 66.6 cm³/mol. The van der Waals surface area contributed by atoms with Crippen LogP contribution in [-0.2, 0) is 4.79 Å². The number of aliphatic hydroxyl groups is 1. The standard InChI is InChI=1S/C13H22N2O2/c1-10(11-7-14-8-11)12(17)15-13(9-16)5-3-2-4-6-13/h14,16H,2-9H2,1H3,(H,15,17). The monoisotopic (exact) mass is 238 g/mol. The second-order valence-corrected chi connectivity index (χ2v) is 5.29. The van der Waals surface area contributed by atoms with Crippen LogP contribution in [0.15, 0.2) is 11.1 Å². The molecule has 1 saturated carbocycles. The van der Waals surface area contributed by atoms with Crippen LogP contribution in [-0.4, -0.2) is 36.2 Å². The smallest absolute Gasteiger partial charge is 0.247 e. The average Bonchev–Trinajstić information content (AvgIpc) is 2.28. The molecule has 0 aromatic heterocycles. The van der Waals surface area contributed by atoms with Crippen LogP contribution < -0.4 is 10.6 Å². The Labute approximate surface area is 102 Å². The number of carbonyl (C=O) groups is 1. The fraction of sp³-hybridized carbons (Fsp3) is 0.769. The Balaban J connectivity index is 2.00. The molecule has 3 N–H and O–H groups in total. The van der Waals surface area contributed by atoms with Crippen molar-refractivity contribution in [3.8, 4) is 0 Å². The number of amides is 1. The van der Waals surface area contributed by atoms with E-state index in [0.717, 1.165) is 44.3 Å². The summed E-state index contributed by atoms with van der Waals surface area (Å²) < 4.78 is 0. The van der Waals surface area contributed by atoms with Gasteiger partial charge >= 0.3 is 0 Å². The summed E-state index contributed by atoms with van der Waals surface area (Å²) >= 11 is 0. The summed E-state index contributed by atoms with van der Waals surface area (Å²) in [6, 6.07) is 0. The van der Waals surface area contributed by atoms with E-state index in [1.54, 1.807) is 0 Å². The van der Waals surface area contributed by atoms with Crippen molar-refractivity contribution >= 4 is 5.91 Å². The lowest BCUT2D eigenvalue weighted by Gasteiger charge is -2.37. The van der Waals surface area contributed by atoms with Gasteiger partial charge in [0.15, 0.2) is 0 Å². The molecule has 1 heterocycles. The maximum Gasteiger partial charge on any atom is 0.247 e. The third-order valence-electron chi connectivity index (χ3n) is 4.04. The van der Waals surface area contributed by atoms with Gasteiger partial charge in [-0.15, -0.1) is 0 Å². The van der Waals surface area contributed by atoms with Crippen molar-refractivity contribution in [1.82, 2.24) is 10.6 Å². The van der Waals surface area contributed by atoms with Gasteiger partial charge in [0.05, 0.1) is 12.1 Å². The molecule has 0 bridgehead atoms. The van der Waals surface area contributed by atoms with Crippen LogP contribution in [0.1, 0.15) is 39.0 Å². The van der Waals surface area contributed by atoms with Gasteiger partial charge in [-0.2, -0.15) is 0 Å². The number of hydrogen-bond acceptors (Lipinski definition) is 3. The Bertz CT molecular complexity index is 324. The minimum Gasteiger partial charge on any atom is -0.394 e. The normalized spacial score (nSPS) is 22.8. The van der Waals surface area contributed by atoms with Gasteiger partial charge in [-0.05, 0) is 25.3 Å². The highest BCUT2D eigenvalue weighted by atomic mass is 16.3. The first kappa shape index (κ1) is 12.6. The maximum atomic E-state index is 12.1. The Kier molecular flexibility index (Phi) is 3.84. The van der Waals surface area contributed by atoms with E-state index in [1.165, 1.54) is 12.0 Å². The van der Waals surface area contributed by atoms with Crippen molar-refractivity contribution in [2.24, 2.45) is 0 Å². The third kappa shape index (κ3) is 2.69. The fourth-order valence-electron chi connectivity index (χ4n) is 2.56. The lowest BCUT2D eigenvalue weighted by Crippen LogP contribution is -2.53. The highest BCUT2D eigenvalue weighted by Crippen LogP contribution is 2.28. The van der Waals surface area contributed by atoms with Gasteiger partial charge in [-0.1, -0.05) is 19.3 Å². The van der Waals surface area contributed by atoms with E-state index in [9.17, 15) is 9.90 Å². The second kappa shape index (κ2) is 5.19. The minimum absolute atomic E-state index is 0.00236. The molecule has 96 valence electrons. The van der Waals surface area contributed by atoms with E-state index in [0.29, 0.717) is 0 Å². The van der Waals surface area contributed by atoms with Crippen LogP contribution in [0.3, 0.4) is 0 Å². The quantitative estimate of drug-likeness (QED) is 0.635. The fourth-order valence-corrected chi connectivity index (χ4v) is 2.56. The highest BCUT2D eigenvalue weighted by Gasteiger charge is 2.33. The van der Waals surface area contributed by atoms with Gasteiger partial charge in [-0.3, -0.25) is 4.79 Å². The van der Waals surface area contributed by atoms with Crippen molar-refractivity contribution in [3.05, 3.63) is 11.1 Å². The molecule has 0 unspecified atom stereocenters. The SMILES string of the molecule is CC(C(=O)NC1(CO)CCCCC1)=C1CNC1. The summed E-state index contributed by atoms with van der Waals surface area (Å²) in [5, 5.41) is 15.7. The van der Waals surface area contributed by atoms with Gasteiger partial charge < -0.3 is 15.7 Å². The molecular formula is C13H22N2O2. The zero-order chi connectivity index (χ0) is 12.3. The molecule has 1 amide bonds. The van der Waals surface area contributed by atoms with Gasteiger partial charge in [0.2, 0.25) is 5.91 Å². The summed E-state index contributed by atoms with van der Waals surface area (Å²) in [5.41, 5.74) is 1.64. The molecule has 4 heteroatoms. The minimum atomic E-state index is -0.367. The number of rotatable bonds is 3. The lowest BCUT2D eigenvalue weighted by atomic mass is 9.82. The molecule has 0 aromatic carbocycles. The van der Waals surface area contributed by atoms with Crippen molar-refractivity contribution in [1.29, 1.82) is 0 Å². The van der Waals surface area contributed by atoms with E-state index in [-0.39, 0.29) is 18.1 Å². The maximum absolute atomic E-state index is 12.1.